The highest BCUT2D eigenvalue weighted by molar-refractivity contribution is 7.80. The van der Waals surface area contributed by atoms with E-state index in [0.717, 1.165) is 38.8 Å². The number of nitrogens with zero attached hydrogens (tertiary/aromatic N) is 1. The molecule has 0 amide bonds. The second-order valence-corrected chi connectivity index (χ2v) is 5.76. The van der Waals surface area contributed by atoms with Crippen molar-refractivity contribution in [2.45, 2.75) is 44.9 Å². The molecule has 2 N–H and O–H groups in total. The van der Waals surface area contributed by atoms with Gasteiger partial charge in [-0.25, -0.2) is 0 Å². The van der Waals surface area contributed by atoms with Gasteiger partial charge in [-0.1, -0.05) is 19.3 Å². The topological polar surface area (TPSA) is 46.3 Å². The van der Waals surface area contributed by atoms with Crippen LogP contribution in [0.4, 0.5) is 0 Å². The van der Waals surface area contributed by atoms with Crippen molar-refractivity contribution in [1.29, 1.82) is 0 Å². The Bertz CT molecular complexity index is 292. The van der Waals surface area contributed by atoms with Crippen molar-refractivity contribution in [3.63, 3.8) is 0 Å². The van der Waals surface area contributed by atoms with E-state index in [-0.39, 0.29) is 5.92 Å². The molecule has 0 aromatic rings. The first kappa shape index (κ1) is 12.8. The van der Waals surface area contributed by atoms with Crippen molar-refractivity contribution >= 4 is 23.1 Å². The standard InChI is InChI=1S/C13H22N2OS/c14-13(17)15-8-6-11(7-9-15)12(16)10-4-2-1-3-5-10/h10-11H,1-9H2,(H2,14,17). The molecule has 3 nitrogen and oxygen atoms in total. The Kier molecular flexibility index (Phi) is 4.37. The maximum absolute atomic E-state index is 12.3. The molecular formula is C13H22N2OS. The number of thiocarbonyl (C=S) groups is 1. The Morgan fingerprint density at radius 1 is 1.00 bits per heavy atom. The molecule has 4 heteroatoms. The molecule has 1 aliphatic carbocycles. The summed E-state index contributed by atoms with van der Waals surface area (Å²) in [6.45, 7) is 1.72. The maximum Gasteiger partial charge on any atom is 0.166 e. The van der Waals surface area contributed by atoms with Crippen LogP contribution in [0.2, 0.25) is 0 Å². The molecule has 2 fully saturated rings. The lowest BCUT2D eigenvalue weighted by molar-refractivity contribution is -0.128. The van der Waals surface area contributed by atoms with E-state index in [1.807, 2.05) is 4.90 Å². The van der Waals surface area contributed by atoms with Crippen LogP contribution in [0.25, 0.3) is 0 Å². The molecule has 96 valence electrons. The SMILES string of the molecule is NC(=S)N1CCC(C(=O)C2CCCCC2)CC1. The number of rotatable bonds is 2. The van der Waals surface area contributed by atoms with Gasteiger partial charge in [0, 0.05) is 24.9 Å². The van der Waals surface area contributed by atoms with Crippen LogP contribution in [0, 0.1) is 11.8 Å². The largest absolute Gasteiger partial charge is 0.376 e. The summed E-state index contributed by atoms with van der Waals surface area (Å²) in [4.78, 5) is 14.4. The molecule has 1 aliphatic heterocycles. The zero-order chi connectivity index (χ0) is 12.3. The highest BCUT2D eigenvalue weighted by atomic mass is 32.1. The van der Waals surface area contributed by atoms with E-state index in [2.05, 4.69) is 0 Å². The van der Waals surface area contributed by atoms with Crippen LogP contribution in [-0.2, 0) is 4.79 Å². The lowest BCUT2D eigenvalue weighted by Gasteiger charge is -2.33. The molecule has 0 aromatic carbocycles. The van der Waals surface area contributed by atoms with Crippen molar-refractivity contribution in [3.8, 4) is 0 Å². The fraction of sp³-hybridized carbons (Fsp3) is 0.846. The van der Waals surface area contributed by atoms with E-state index in [1.165, 1.54) is 19.3 Å². The van der Waals surface area contributed by atoms with Crippen molar-refractivity contribution < 1.29 is 4.79 Å². The average molecular weight is 254 g/mol. The molecule has 0 atom stereocenters. The normalized spacial score (nSPS) is 23.6. The summed E-state index contributed by atoms with van der Waals surface area (Å²) in [6, 6.07) is 0. The minimum atomic E-state index is 0.267. The van der Waals surface area contributed by atoms with Gasteiger partial charge in [-0.05, 0) is 37.9 Å². The molecule has 0 radical (unpaired) electrons. The predicted molar refractivity (Wildman–Crippen MR) is 72.7 cm³/mol. The molecule has 0 spiro atoms. The maximum atomic E-state index is 12.3. The van der Waals surface area contributed by atoms with Gasteiger partial charge in [0.15, 0.2) is 5.11 Å². The lowest BCUT2D eigenvalue weighted by atomic mass is 9.79. The molecule has 0 bridgehead atoms. The third-order valence-corrected chi connectivity index (χ3v) is 4.47. The van der Waals surface area contributed by atoms with E-state index in [4.69, 9.17) is 18.0 Å². The van der Waals surface area contributed by atoms with Crippen LogP contribution in [0.1, 0.15) is 44.9 Å². The highest BCUT2D eigenvalue weighted by Crippen LogP contribution is 2.30. The molecule has 1 heterocycles. The molecular weight excluding hydrogens is 232 g/mol. The Hall–Kier alpha value is -0.640. The van der Waals surface area contributed by atoms with E-state index >= 15 is 0 Å². The number of hydrogen-bond acceptors (Lipinski definition) is 2. The summed E-state index contributed by atoms with van der Waals surface area (Å²) in [5, 5.41) is 0.480. The van der Waals surface area contributed by atoms with E-state index in [9.17, 15) is 4.79 Å². The first-order chi connectivity index (χ1) is 8.18. The van der Waals surface area contributed by atoms with Crippen LogP contribution >= 0.6 is 12.2 Å². The Morgan fingerprint density at radius 3 is 2.06 bits per heavy atom. The first-order valence-corrected chi connectivity index (χ1v) is 7.17. The number of nitrogens with two attached hydrogens (primary N) is 1. The fourth-order valence-electron chi connectivity index (χ4n) is 3.10. The van der Waals surface area contributed by atoms with Crippen LogP contribution in [0.15, 0.2) is 0 Å². The van der Waals surface area contributed by atoms with Crippen molar-refractivity contribution in [2.24, 2.45) is 17.6 Å². The first-order valence-electron chi connectivity index (χ1n) is 6.76. The Balaban J connectivity index is 1.83. The zero-order valence-corrected chi connectivity index (χ0v) is 11.2. The second-order valence-electron chi connectivity index (χ2n) is 5.34. The number of likely N-dealkylation sites (tertiary alicyclic amines) is 1. The smallest absolute Gasteiger partial charge is 0.166 e. The Morgan fingerprint density at radius 2 is 1.53 bits per heavy atom. The molecule has 1 saturated carbocycles. The van der Waals surface area contributed by atoms with Crippen molar-refractivity contribution in [2.75, 3.05) is 13.1 Å². The van der Waals surface area contributed by atoms with Gasteiger partial charge in [0.05, 0.1) is 0 Å². The number of piperidine rings is 1. The monoisotopic (exact) mass is 254 g/mol. The van der Waals surface area contributed by atoms with Gasteiger partial charge >= 0.3 is 0 Å². The van der Waals surface area contributed by atoms with Gasteiger partial charge < -0.3 is 10.6 Å². The summed E-state index contributed by atoms with van der Waals surface area (Å²) in [7, 11) is 0. The summed E-state index contributed by atoms with van der Waals surface area (Å²) < 4.78 is 0. The van der Waals surface area contributed by atoms with Crippen LogP contribution in [-0.4, -0.2) is 28.9 Å². The second kappa shape index (κ2) is 5.80. The molecule has 0 unspecified atom stereocenters. The zero-order valence-electron chi connectivity index (χ0n) is 10.4. The van der Waals surface area contributed by atoms with Gasteiger partial charge in [0.25, 0.3) is 0 Å². The third-order valence-electron chi connectivity index (χ3n) is 4.22. The number of Topliss-reactive ketones (excluding diaryl/α,β-unsaturated/α-hetero) is 1. The van der Waals surface area contributed by atoms with Gasteiger partial charge in [0.1, 0.15) is 5.78 Å². The van der Waals surface area contributed by atoms with Crippen LogP contribution in [0.5, 0.6) is 0 Å². The van der Waals surface area contributed by atoms with E-state index in [0.29, 0.717) is 16.8 Å². The Labute approximate surface area is 109 Å². The average Bonchev–Trinajstić information content (AvgIpc) is 2.39. The highest BCUT2D eigenvalue weighted by Gasteiger charge is 2.30. The van der Waals surface area contributed by atoms with E-state index in [1.54, 1.807) is 0 Å². The van der Waals surface area contributed by atoms with Crippen molar-refractivity contribution in [1.82, 2.24) is 4.90 Å². The quantitative estimate of drug-likeness (QED) is 0.767. The minimum Gasteiger partial charge on any atom is -0.376 e. The van der Waals surface area contributed by atoms with Gasteiger partial charge in [-0.3, -0.25) is 4.79 Å². The summed E-state index contributed by atoms with van der Waals surface area (Å²) in [5.74, 6) is 1.14. The minimum absolute atomic E-state index is 0.267. The molecule has 2 rings (SSSR count). The number of carbonyl (C=O) groups is 1. The molecule has 17 heavy (non-hydrogen) atoms. The predicted octanol–water partition coefficient (Wildman–Crippen LogP) is 2.09. The molecule has 2 aliphatic rings. The fourth-order valence-corrected chi connectivity index (χ4v) is 3.29. The summed E-state index contributed by atoms with van der Waals surface area (Å²) >= 11 is 4.96. The molecule has 1 saturated heterocycles. The van der Waals surface area contributed by atoms with Crippen LogP contribution < -0.4 is 5.73 Å². The summed E-state index contributed by atoms with van der Waals surface area (Å²) in [5.41, 5.74) is 5.60. The summed E-state index contributed by atoms with van der Waals surface area (Å²) in [6.07, 6.45) is 7.90. The number of hydrogen-bond donors (Lipinski definition) is 1. The van der Waals surface area contributed by atoms with E-state index < -0.39 is 0 Å². The van der Waals surface area contributed by atoms with Gasteiger partial charge in [-0.2, -0.15) is 0 Å². The third kappa shape index (κ3) is 3.18. The van der Waals surface area contributed by atoms with Crippen LogP contribution in [0.3, 0.4) is 0 Å². The van der Waals surface area contributed by atoms with Gasteiger partial charge in [0.2, 0.25) is 0 Å². The van der Waals surface area contributed by atoms with Gasteiger partial charge in [-0.15, -0.1) is 0 Å². The van der Waals surface area contributed by atoms with Crippen molar-refractivity contribution in [3.05, 3.63) is 0 Å². The number of ketones is 1. The molecule has 0 aromatic heterocycles. The number of carbonyl (C=O) groups excluding carboxylic acids is 1. The lowest BCUT2D eigenvalue weighted by Crippen LogP contribution is -2.43.